The Labute approximate surface area is 185 Å². The second kappa shape index (κ2) is 9.73. The van der Waals surface area contributed by atoms with Gasteiger partial charge in [0.1, 0.15) is 0 Å². The summed E-state index contributed by atoms with van der Waals surface area (Å²) in [7, 11) is 0. The standard InChI is InChI=1S/C24H27F3N4O/c25-24(26,27)23-29-20-8-4-5-9-21(20)31(23)16-19-11-14-30(15-12-19)17-22(32)28-13-10-18-6-2-1-3-7-18/h1-9,19H,10-17H2,(H,28,32). The van der Waals surface area contributed by atoms with Crippen LogP contribution in [0.1, 0.15) is 24.2 Å². The Kier molecular flexibility index (Phi) is 6.79. The molecule has 0 spiro atoms. The first kappa shape index (κ1) is 22.3. The van der Waals surface area contributed by atoms with Crippen LogP contribution in [0.2, 0.25) is 0 Å². The summed E-state index contributed by atoms with van der Waals surface area (Å²) in [5, 5.41) is 2.95. The molecular weight excluding hydrogens is 417 g/mol. The number of hydrogen-bond acceptors (Lipinski definition) is 3. The predicted molar refractivity (Wildman–Crippen MR) is 117 cm³/mol. The van der Waals surface area contributed by atoms with Crippen LogP contribution in [-0.2, 0) is 23.9 Å². The molecule has 0 radical (unpaired) electrons. The van der Waals surface area contributed by atoms with Crippen LogP contribution >= 0.6 is 0 Å². The van der Waals surface area contributed by atoms with E-state index in [1.54, 1.807) is 24.3 Å². The van der Waals surface area contributed by atoms with Crippen molar-refractivity contribution in [1.82, 2.24) is 19.8 Å². The summed E-state index contributed by atoms with van der Waals surface area (Å²) in [6, 6.07) is 16.7. The number of amides is 1. The molecule has 1 aliphatic rings. The number of carbonyl (C=O) groups is 1. The van der Waals surface area contributed by atoms with Crippen molar-refractivity contribution in [3.05, 3.63) is 66.0 Å². The van der Waals surface area contributed by atoms with E-state index in [-0.39, 0.29) is 18.4 Å². The topological polar surface area (TPSA) is 50.2 Å². The lowest BCUT2D eigenvalue weighted by Crippen LogP contribution is -2.42. The molecule has 1 aliphatic heterocycles. The van der Waals surface area contributed by atoms with Crippen molar-refractivity contribution >= 4 is 16.9 Å². The van der Waals surface area contributed by atoms with Crippen molar-refractivity contribution in [2.24, 2.45) is 5.92 Å². The maximum Gasteiger partial charge on any atom is 0.449 e. The minimum Gasteiger partial charge on any atom is -0.355 e. The second-order valence-electron chi connectivity index (χ2n) is 8.34. The fraction of sp³-hybridized carbons (Fsp3) is 0.417. The van der Waals surface area contributed by atoms with E-state index < -0.39 is 12.0 Å². The highest BCUT2D eigenvalue weighted by atomic mass is 19.4. The van der Waals surface area contributed by atoms with E-state index in [1.807, 2.05) is 30.3 Å². The van der Waals surface area contributed by atoms with Gasteiger partial charge in [-0.25, -0.2) is 4.98 Å². The lowest BCUT2D eigenvalue weighted by atomic mass is 9.96. The number of imidazole rings is 1. The van der Waals surface area contributed by atoms with Gasteiger partial charge in [0.15, 0.2) is 0 Å². The first-order valence-electron chi connectivity index (χ1n) is 11.0. The molecule has 0 unspecified atom stereocenters. The normalized spacial score (nSPS) is 15.8. The maximum absolute atomic E-state index is 13.5. The fourth-order valence-corrected chi connectivity index (χ4v) is 4.31. The third kappa shape index (κ3) is 5.48. The third-order valence-electron chi connectivity index (χ3n) is 6.00. The molecule has 1 saturated heterocycles. The van der Waals surface area contributed by atoms with Crippen LogP contribution in [0.5, 0.6) is 0 Å². The summed E-state index contributed by atoms with van der Waals surface area (Å²) in [4.78, 5) is 18.2. The van der Waals surface area contributed by atoms with Crippen molar-refractivity contribution in [1.29, 1.82) is 0 Å². The van der Waals surface area contributed by atoms with Crippen molar-refractivity contribution in [2.45, 2.75) is 32.0 Å². The molecule has 0 aliphatic carbocycles. The number of para-hydroxylation sites is 2. The van der Waals surface area contributed by atoms with Gasteiger partial charge < -0.3 is 9.88 Å². The second-order valence-corrected chi connectivity index (χ2v) is 8.34. The monoisotopic (exact) mass is 444 g/mol. The molecule has 170 valence electrons. The summed E-state index contributed by atoms with van der Waals surface area (Å²) in [5.74, 6) is -0.732. The van der Waals surface area contributed by atoms with Gasteiger partial charge >= 0.3 is 6.18 Å². The number of nitrogens with one attached hydrogen (secondary N) is 1. The molecular formula is C24H27F3N4O. The van der Waals surface area contributed by atoms with Crippen LogP contribution < -0.4 is 5.32 Å². The summed E-state index contributed by atoms with van der Waals surface area (Å²) in [6.07, 6.45) is -2.20. The molecule has 2 aromatic carbocycles. The number of likely N-dealkylation sites (tertiary alicyclic amines) is 1. The highest BCUT2D eigenvalue weighted by molar-refractivity contribution is 5.78. The number of carbonyl (C=O) groups excluding carboxylic acids is 1. The summed E-state index contributed by atoms with van der Waals surface area (Å²) >= 11 is 0. The largest absolute Gasteiger partial charge is 0.449 e. The Balaban J connectivity index is 1.28. The van der Waals surface area contributed by atoms with Gasteiger partial charge in [-0.15, -0.1) is 0 Å². The van der Waals surface area contributed by atoms with E-state index >= 15 is 0 Å². The minimum absolute atomic E-state index is 0.0145. The van der Waals surface area contributed by atoms with E-state index in [0.29, 0.717) is 37.2 Å². The molecule has 5 nitrogen and oxygen atoms in total. The number of halogens is 3. The van der Waals surface area contributed by atoms with Crippen molar-refractivity contribution in [3.8, 4) is 0 Å². The van der Waals surface area contributed by atoms with Crippen LogP contribution in [-0.4, -0.2) is 46.5 Å². The number of benzene rings is 2. The quantitative estimate of drug-likeness (QED) is 0.596. The van der Waals surface area contributed by atoms with Crippen LogP contribution in [0.25, 0.3) is 11.0 Å². The molecule has 8 heteroatoms. The van der Waals surface area contributed by atoms with E-state index in [1.165, 1.54) is 10.1 Å². The van der Waals surface area contributed by atoms with Crippen LogP contribution in [0.3, 0.4) is 0 Å². The van der Waals surface area contributed by atoms with Crippen LogP contribution in [0.4, 0.5) is 13.2 Å². The van der Waals surface area contributed by atoms with Crippen LogP contribution in [0.15, 0.2) is 54.6 Å². The van der Waals surface area contributed by atoms with E-state index in [9.17, 15) is 18.0 Å². The first-order chi connectivity index (χ1) is 15.4. The van der Waals surface area contributed by atoms with Gasteiger partial charge in [-0.1, -0.05) is 42.5 Å². The minimum atomic E-state index is -4.49. The summed E-state index contributed by atoms with van der Waals surface area (Å²) in [5.41, 5.74) is 2.06. The van der Waals surface area contributed by atoms with Crippen LogP contribution in [0, 0.1) is 5.92 Å². The molecule has 1 amide bonds. The third-order valence-corrected chi connectivity index (χ3v) is 6.00. The van der Waals surface area contributed by atoms with Gasteiger partial charge in [0.25, 0.3) is 0 Å². The molecule has 1 aromatic heterocycles. The van der Waals surface area contributed by atoms with E-state index in [0.717, 1.165) is 19.3 Å². The Bertz CT molecular complexity index is 1040. The Morgan fingerprint density at radius 3 is 2.44 bits per heavy atom. The number of aromatic nitrogens is 2. The lowest BCUT2D eigenvalue weighted by Gasteiger charge is -2.32. The molecule has 2 heterocycles. The molecule has 1 N–H and O–H groups in total. The zero-order valence-corrected chi connectivity index (χ0v) is 17.8. The smallest absolute Gasteiger partial charge is 0.355 e. The molecule has 0 bridgehead atoms. The molecule has 1 fully saturated rings. The number of fused-ring (bicyclic) bond motifs is 1. The Hall–Kier alpha value is -2.87. The predicted octanol–water partition coefficient (Wildman–Crippen LogP) is 4.13. The van der Waals surface area contributed by atoms with Gasteiger partial charge in [0, 0.05) is 13.1 Å². The van der Waals surface area contributed by atoms with Gasteiger partial charge in [-0.2, -0.15) is 13.2 Å². The first-order valence-corrected chi connectivity index (χ1v) is 11.0. The number of nitrogens with zero attached hydrogens (tertiary/aromatic N) is 3. The highest BCUT2D eigenvalue weighted by Gasteiger charge is 2.38. The maximum atomic E-state index is 13.5. The van der Waals surface area contributed by atoms with Crippen molar-refractivity contribution in [3.63, 3.8) is 0 Å². The van der Waals surface area contributed by atoms with Gasteiger partial charge in [-0.05, 0) is 56.0 Å². The number of alkyl halides is 3. The lowest BCUT2D eigenvalue weighted by molar-refractivity contribution is -0.147. The summed E-state index contributed by atoms with van der Waals surface area (Å²) in [6.45, 7) is 2.60. The molecule has 0 atom stereocenters. The van der Waals surface area contributed by atoms with Crippen molar-refractivity contribution in [2.75, 3.05) is 26.2 Å². The molecule has 4 rings (SSSR count). The van der Waals surface area contributed by atoms with E-state index in [4.69, 9.17) is 0 Å². The zero-order chi connectivity index (χ0) is 22.6. The van der Waals surface area contributed by atoms with E-state index in [2.05, 4.69) is 15.2 Å². The Morgan fingerprint density at radius 2 is 1.72 bits per heavy atom. The van der Waals surface area contributed by atoms with Gasteiger partial charge in [-0.3, -0.25) is 9.69 Å². The fourth-order valence-electron chi connectivity index (χ4n) is 4.31. The highest BCUT2D eigenvalue weighted by Crippen LogP contribution is 2.33. The zero-order valence-electron chi connectivity index (χ0n) is 17.8. The summed E-state index contributed by atoms with van der Waals surface area (Å²) < 4.78 is 41.9. The molecule has 0 saturated carbocycles. The average Bonchev–Trinajstić information content (AvgIpc) is 3.15. The number of rotatable bonds is 7. The number of piperidine rings is 1. The SMILES string of the molecule is O=C(CN1CCC(Cn2c(C(F)(F)F)nc3ccccc32)CC1)NCCc1ccccc1. The van der Waals surface area contributed by atoms with Crippen molar-refractivity contribution < 1.29 is 18.0 Å². The van der Waals surface area contributed by atoms with Gasteiger partial charge in [0.05, 0.1) is 17.6 Å². The van der Waals surface area contributed by atoms with Gasteiger partial charge in [0.2, 0.25) is 11.7 Å². The average molecular weight is 445 g/mol. The molecule has 32 heavy (non-hydrogen) atoms. The Morgan fingerprint density at radius 1 is 1.03 bits per heavy atom. The number of hydrogen-bond donors (Lipinski definition) is 1. The molecule has 3 aromatic rings.